The van der Waals surface area contributed by atoms with Crippen LogP contribution < -0.4 is 10.5 Å². The zero-order valence-corrected chi connectivity index (χ0v) is 16.2. The summed E-state index contributed by atoms with van der Waals surface area (Å²) in [7, 11) is -3.27. The monoisotopic (exact) mass is 396 g/mol. The van der Waals surface area contributed by atoms with Gasteiger partial charge in [0, 0.05) is 25.5 Å². The molecule has 1 aliphatic rings. The van der Waals surface area contributed by atoms with Gasteiger partial charge in [-0.1, -0.05) is 18.2 Å². The average molecular weight is 396 g/mol. The van der Waals surface area contributed by atoms with Gasteiger partial charge in [-0.2, -0.15) is 0 Å². The maximum Gasteiger partial charge on any atom is 0.256 e. The van der Waals surface area contributed by atoms with Crippen molar-refractivity contribution < 1.29 is 8.42 Å². The number of H-pyrrole nitrogens is 1. The van der Waals surface area contributed by atoms with Crippen molar-refractivity contribution >= 4 is 15.7 Å². The van der Waals surface area contributed by atoms with E-state index in [4.69, 9.17) is 0 Å². The molecule has 0 radical (unpaired) electrons. The first kappa shape index (κ1) is 18.4. The Morgan fingerprint density at radius 1 is 1.18 bits per heavy atom. The summed E-state index contributed by atoms with van der Waals surface area (Å²) >= 11 is 0. The number of fused-ring (bicyclic) bond motifs is 1. The molecular weight excluding hydrogens is 376 g/mol. The third-order valence-electron chi connectivity index (χ3n) is 4.76. The van der Waals surface area contributed by atoms with Crippen LogP contribution in [-0.2, 0) is 22.8 Å². The molecule has 0 saturated carbocycles. The molecule has 1 N–H and O–H groups in total. The smallest absolute Gasteiger partial charge is 0.256 e. The number of aromatic nitrogens is 3. The highest BCUT2D eigenvalue weighted by Gasteiger charge is 2.23. The molecule has 4 rings (SSSR count). The Morgan fingerprint density at radius 3 is 2.79 bits per heavy atom. The van der Waals surface area contributed by atoms with E-state index in [1.807, 2.05) is 17.0 Å². The van der Waals surface area contributed by atoms with E-state index in [0.717, 1.165) is 18.5 Å². The molecule has 144 valence electrons. The van der Waals surface area contributed by atoms with Gasteiger partial charge in [-0.3, -0.25) is 9.78 Å². The fraction of sp³-hybridized carbons (Fsp3) is 0.250. The molecule has 1 aromatic carbocycles. The molecule has 28 heavy (non-hydrogen) atoms. The highest BCUT2D eigenvalue weighted by atomic mass is 32.2. The summed E-state index contributed by atoms with van der Waals surface area (Å²) < 4.78 is 23.7. The third-order valence-corrected chi connectivity index (χ3v) is 5.87. The lowest BCUT2D eigenvalue weighted by Crippen LogP contribution is -2.34. The predicted molar refractivity (Wildman–Crippen MR) is 107 cm³/mol. The van der Waals surface area contributed by atoms with E-state index < -0.39 is 9.84 Å². The molecule has 0 amide bonds. The van der Waals surface area contributed by atoms with E-state index in [9.17, 15) is 13.2 Å². The van der Waals surface area contributed by atoms with Crippen LogP contribution in [0.15, 0.2) is 58.4 Å². The van der Waals surface area contributed by atoms with Crippen molar-refractivity contribution in [2.75, 3.05) is 17.7 Å². The largest absolute Gasteiger partial charge is 0.352 e. The van der Waals surface area contributed by atoms with Gasteiger partial charge in [0.2, 0.25) is 0 Å². The van der Waals surface area contributed by atoms with Crippen LogP contribution in [0.1, 0.15) is 17.5 Å². The van der Waals surface area contributed by atoms with Gasteiger partial charge in [0.15, 0.2) is 15.7 Å². The van der Waals surface area contributed by atoms with E-state index in [0.29, 0.717) is 35.9 Å². The van der Waals surface area contributed by atoms with Crippen LogP contribution in [-0.4, -0.2) is 36.2 Å². The van der Waals surface area contributed by atoms with Crippen molar-refractivity contribution in [1.82, 2.24) is 15.0 Å². The Hall–Kier alpha value is -3.00. The normalized spacial score (nSPS) is 14.0. The van der Waals surface area contributed by atoms with Crippen LogP contribution in [0.5, 0.6) is 0 Å². The van der Waals surface area contributed by atoms with Crippen LogP contribution in [0.4, 0.5) is 5.82 Å². The summed E-state index contributed by atoms with van der Waals surface area (Å²) in [5, 5.41) is 0. The lowest BCUT2D eigenvalue weighted by atomic mass is 10.1. The van der Waals surface area contributed by atoms with Crippen LogP contribution in [0.25, 0.3) is 11.5 Å². The van der Waals surface area contributed by atoms with E-state index >= 15 is 0 Å². The van der Waals surface area contributed by atoms with Crippen molar-refractivity contribution in [3.05, 3.63) is 70.1 Å². The quantitative estimate of drug-likeness (QED) is 0.726. The number of nitrogens with zero attached hydrogens (tertiary/aromatic N) is 3. The Morgan fingerprint density at radius 2 is 2.04 bits per heavy atom. The molecule has 8 heteroatoms. The zero-order chi connectivity index (χ0) is 19.7. The second kappa shape index (κ2) is 7.20. The second-order valence-electron chi connectivity index (χ2n) is 6.88. The average Bonchev–Trinajstić information content (AvgIpc) is 2.69. The first-order valence-electron chi connectivity index (χ1n) is 9.00. The lowest BCUT2D eigenvalue weighted by Gasteiger charge is -2.30. The predicted octanol–water partition coefficient (Wildman–Crippen LogP) is 2.19. The molecule has 3 aromatic rings. The fourth-order valence-electron chi connectivity index (χ4n) is 3.40. The van der Waals surface area contributed by atoms with E-state index in [2.05, 4.69) is 15.0 Å². The summed E-state index contributed by atoms with van der Waals surface area (Å²) in [6.45, 7) is 1.22. The van der Waals surface area contributed by atoms with Gasteiger partial charge in [-0.25, -0.2) is 13.4 Å². The maximum atomic E-state index is 12.6. The molecule has 7 nitrogen and oxygen atoms in total. The molecule has 3 heterocycles. The summed E-state index contributed by atoms with van der Waals surface area (Å²) in [5.41, 5.74) is 1.97. The van der Waals surface area contributed by atoms with Gasteiger partial charge >= 0.3 is 0 Å². The van der Waals surface area contributed by atoms with Crippen LogP contribution >= 0.6 is 0 Å². The molecule has 2 aromatic heterocycles. The van der Waals surface area contributed by atoms with Crippen molar-refractivity contribution in [3.63, 3.8) is 0 Å². The Labute approximate surface area is 163 Å². The number of sulfone groups is 1. The molecule has 0 aliphatic carbocycles. The van der Waals surface area contributed by atoms with Crippen LogP contribution in [0.3, 0.4) is 0 Å². The van der Waals surface area contributed by atoms with E-state index in [-0.39, 0.29) is 10.5 Å². The molecule has 0 spiro atoms. The maximum absolute atomic E-state index is 12.6. The van der Waals surface area contributed by atoms with Gasteiger partial charge in [-0.05, 0) is 42.7 Å². The highest BCUT2D eigenvalue weighted by Crippen LogP contribution is 2.26. The highest BCUT2D eigenvalue weighted by molar-refractivity contribution is 7.90. The number of pyridine rings is 1. The van der Waals surface area contributed by atoms with Crippen LogP contribution in [0, 0.1) is 0 Å². The molecule has 0 bridgehead atoms. The summed E-state index contributed by atoms with van der Waals surface area (Å²) in [6, 6.07) is 12.3. The first-order valence-corrected chi connectivity index (χ1v) is 10.9. The van der Waals surface area contributed by atoms with Gasteiger partial charge in [-0.15, -0.1) is 0 Å². The minimum absolute atomic E-state index is 0.153. The second-order valence-corrected chi connectivity index (χ2v) is 8.89. The molecule has 1 aliphatic heterocycles. The number of rotatable bonds is 4. The molecular formula is C20H20N4O3S. The van der Waals surface area contributed by atoms with Gasteiger partial charge in [0.05, 0.1) is 10.5 Å². The number of nitrogens with one attached hydrogen (secondary N) is 1. The Bertz CT molecular complexity index is 1170. The molecule has 0 atom stereocenters. The van der Waals surface area contributed by atoms with Crippen molar-refractivity contribution in [3.8, 4) is 11.5 Å². The van der Waals surface area contributed by atoms with Gasteiger partial charge in [0.1, 0.15) is 11.5 Å². The number of anilines is 1. The molecule has 0 fully saturated rings. The summed E-state index contributed by atoms with van der Waals surface area (Å²) in [6.07, 6.45) is 4.36. The number of benzene rings is 1. The van der Waals surface area contributed by atoms with Crippen LogP contribution in [0.2, 0.25) is 0 Å². The number of aromatic amines is 1. The van der Waals surface area contributed by atoms with Crippen molar-refractivity contribution in [1.29, 1.82) is 0 Å². The lowest BCUT2D eigenvalue weighted by molar-refractivity contribution is 0.601. The zero-order valence-electron chi connectivity index (χ0n) is 15.4. The fourth-order valence-corrected chi connectivity index (χ4v) is 4.09. The Balaban J connectivity index is 1.73. The van der Waals surface area contributed by atoms with Gasteiger partial charge < -0.3 is 9.88 Å². The standard InChI is InChI=1S/C20H20N4O3S/c1-28(26,27)15-7-4-6-14(12-15)13-24-11-5-8-16-19(24)22-18(23-20(16)25)17-9-2-3-10-21-17/h2-4,6-7,9-10,12H,5,8,11,13H2,1H3,(H,22,23,25). The SMILES string of the molecule is CS(=O)(=O)c1cccc(CN2CCCc3c2nc(-c2ccccn2)[nH]c3=O)c1. The molecule has 0 unspecified atom stereocenters. The number of hydrogen-bond acceptors (Lipinski definition) is 6. The minimum Gasteiger partial charge on any atom is -0.352 e. The van der Waals surface area contributed by atoms with Crippen molar-refractivity contribution in [2.45, 2.75) is 24.3 Å². The third kappa shape index (κ3) is 3.68. The van der Waals surface area contributed by atoms with Crippen molar-refractivity contribution in [2.24, 2.45) is 0 Å². The van der Waals surface area contributed by atoms with E-state index in [1.54, 1.807) is 36.5 Å². The summed E-state index contributed by atoms with van der Waals surface area (Å²) in [4.78, 5) is 26.7. The topological polar surface area (TPSA) is 96.0 Å². The van der Waals surface area contributed by atoms with E-state index in [1.165, 1.54) is 6.26 Å². The first-order chi connectivity index (χ1) is 13.4. The number of hydrogen-bond donors (Lipinski definition) is 1. The summed E-state index contributed by atoms with van der Waals surface area (Å²) in [5.74, 6) is 1.07. The van der Waals surface area contributed by atoms with Gasteiger partial charge in [0.25, 0.3) is 5.56 Å². The molecule has 0 saturated heterocycles. The minimum atomic E-state index is -3.27. The Kier molecular flexibility index (Phi) is 4.72.